The van der Waals surface area contributed by atoms with E-state index < -0.39 is 0 Å². The van der Waals surface area contributed by atoms with Crippen molar-refractivity contribution in [3.63, 3.8) is 0 Å². The van der Waals surface area contributed by atoms with Gasteiger partial charge in [0.1, 0.15) is 11.6 Å². The first-order valence-corrected chi connectivity index (χ1v) is 7.65. The molecule has 0 unspecified atom stereocenters. The molecular formula is C17H24N4. The number of aryl methyl sites for hydroxylation is 2. The van der Waals surface area contributed by atoms with E-state index in [9.17, 15) is 0 Å². The standard InChI is InChI=1S/C17H24N4/c1-5-9-18-17-12(3)16(20-13(4)21-17)10-15-8-7-14(6-2)11-19-15/h7-8,11H,5-6,9-10H2,1-4H3,(H,18,20,21). The maximum absolute atomic E-state index is 4.59. The van der Waals surface area contributed by atoms with Gasteiger partial charge in [-0.1, -0.05) is 19.9 Å². The molecule has 0 aromatic carbocycles. The van der Waals surface area contributed by atoms with Crippen molar-refractivity contribution in [3.8, 4) is 0 Å². The van der Waals surface area contributed by atoms with E-state index in [4.69, 9.17) is 0 Å². The molecule has 2 heterocycles. The Morgan fingerprint density at radius 2 is 1.90 bits per heavy atom. The fourth-order valence-electron chi connectivity index (χ4n) is 2.21. The Labute approximate surface area is 127 Å². The van der Waals surface area contributed by atoms with E-state index in [1.807, 2.05) is 13.1 Å². The van der Waals surface area contributed by atoms with Gasteiger partial charge in [0.2, 0.25) is 0 Å². The zero-order chi connectivity index (χ0) is 15.2. The van der Waals surface area contributed by atoms with Gasteiger partial charge < -0.3 is 5.32 Å². The third kappa shape index (κ3) is 4.00. The Morgan fingerprint density at radius 3 is 2.52 bits per heavy atom. The maximum atomic E-state index is 4.59. The summed E-state index contributed by atoms with van der Waals surface area (Å²) >= 11 is 0. The lowest BCUT2D eigenvalue weighted by Crippen LogP contribution is -2.09. The molecule has 0 aliphatic carbocycles. The van der Waals surface area contributed by atoms with Gasteiger partial charge in [-0.25, -0.2) is 9.97 Å². The first kappa shape index (κ1) is 15.4. The highest BCUT2D eigenvalue weighted by Gasteiger charge is 2.10. The van der Waals surface area contributed by atoms with Crippen LogP contribution in [-0.2, 0) is 12.8 Å². The van der Waals surface area contributed by atoms with Crippen LogP contribution in [0.5, 0.6) is 0 Å². The largest absolute Gasteiger partial charge is 0.370 e. The van der Waals surface area contributed by atoms with Gasteiger partial charge in [-0.3, -0.25) is 4.98 Å². The van der Waals surface area contributed by atoms with Gasteiger partial charge in [-0.2, -0.15) is 0 Å². The molecule has 0 fully saturated rings. The van der Waals surface area contributed by atoms with E-state index in [2.05, 4.69) is 53.2 Å². The van der Waals surface area contributed by atoms with Crippen molar-refractivity contribution in [2.75, 3.05) is 11.9 Å². The summed E-state index contributed by atoms with van der Waals surface area (Å²) in [6, 6.07) is 4.23. The average Bonchev–Trinajstić information content (AvgIpc) is 2.50. The number of anilines is 1. The SMILES string of the molecule is CCCNc1nc(C)nc(Cc2ccc(CC)cn2)c1C. The fourth-order valence-corrected chi connectivity index (χ4v) is 2.21. The molecular weight excluding hydrogens is 260 g/mol. The normalized spacial score (nSPS) is 10.7. The van der Waals surface area contributed by atoms with Crippen molar-refractivity contribution in [2.45, 2.75) is 47.0 Å². The Kier molecular flexibility index (Phi) is 5.26. The summed E-state index contributed by atoms with van der Waals surface area (Å²) in [5.41, 5.74) is 4.49. The highest BCUT2D eigenvalue weighted by atomic mass is 15.0. The molecule has 21 heavy (non-hydrogen) atoms. The van der Waals surface area contributed by atoms with Crippen LogP contribution in [-0.4, -0.2) is 21.5 Å². The lowest BCUT2D eigenvalue weighted by Gasteiger charge is -2.12. The van der Waals surface area contributed by atoms with Crippen LogP contribution in [0, 0.1) is 13.8 Å². The molecule has 4 heteroatoms. The van der Waals surface area contributed by atoms with Gasteiger partial charge in [0.25, 0.3) is 0 Å². The monoisotopic (exact) mass is 284 g/mol. The fraction of sp³-hybridized carbons (Fsp3) is 0.471. The number of nitrogens with zero attached hydrogens (tertiary/aromatic N) is 3. The van der Waals surface area contributed by atoms with Crippen molar-refractivity contribution >= 4 is 5.82 Å². The summed E-state index contributed by atoms with van der Waals surface area (Å²) in [6.45, 7) is 9.23. The average molecular weight is 284 g/mol. The second-order valence-electron chi connectivity index (χ2n) is 5.31. The molecule has 1 N–H and O–H groups in total. The molecule has 0 radical (unpaired) electrons. The van der Waals surface area contributed by atoms with Crippen LogP contribution in [0.15, 0.2) is 18.3 Å². The third-order valence-electron chi connectivity index (χ3n) is 3.54. The van der Waals surface area contributed by atoms with E-state index in [1.165, 1.54) is 5.56 Å². The molecule has 2 aromatic heterocycles. The molecule has 0 aliphatic rings. The number of hydrogen-bond acceptors (Lipinski definition) is 4. The number of hydrogen-bond donors (Lipinski definition) is 1. The van der Waals surface area contributed by atoms with E-state index >= 15 is 0 Å². The van der Waals surface area contributed by atoms with Gasteiger partial charge in [0.05, 0.1) is 5.69 Å². The minimum Gasteiger partial charge on any atom is -0.370 e. The molecule has 0 bridgehead atoms. The Hall–Kier alpha value is -1.97. The molecule has 112 valence electrons. The molecule has 0 spiro atoms. The minimum atomic E-state index is 0.750. The third-order valence-corrected chi connectivity index (χ3v) is 3.54. The van der Waals surface area contributed by atoms with Crippen LogP contribution in [0.4, 0.5) is 5.82 Å². The van der Waals surface area contributed by atoms with Gasteiger partial charge >= 0.3 is 0 Å². The van der Waals surface area contributed by atoms with Crippen LogP contribution in [0.2, 0.25) is 0 Å². The van der Waals surface area contributed by atoms with Crippen molar-refractivity contribution in [1.29, 1.82) is 0 Å². The van der Waals surface area contributed by atoms with E-state index in [-0.39, 0.29) is 0 Å². The van der Waals surface area contributed by atoms with E-state index in [1.54, 1.807) is 0 Å². The van der Waals surface area contributed by atoms with Crippen molar-refractivity contribution in [3.05, 3.63) is 46.7 Å². The quantitative estimate of drug-likeness (QED) is 0.882. The van der Waals surface area contributed by atoms with Crippen LogP contribution < -0.4 is 5.32 Å². The summed E-state index contributed by atoms with van der Waals surface area (Å²) in [6.07, 6.45) is 4.80. The minimum absolute atomic E-state index is 0.750. The zero-order valence-corrected chi connectivity index (χ0v) is 13.4. The first-order valence-electron chi connectivity index (χ1n) is 7.65. The molecule has 0 aliphatic heterocycles. The summed E-state index contributed by atoms with van der Waals surface area (Å²) in [5, 5.41) is 3.38. The highest BCUT2D eigenvalue weighted by Crippen LogP contribution is 2.18. The van der Waals surface area contributed by atoms with Crippen molar-refractivity contribution < 1.29 is 0 Å². The van der Waals surface area contributed by atoms with Crippen molar-refractivity contribution in [2.24, 2.45) is 0 Å². The summed E-state index contributed by atoms with van der Waals surface area (Å²) in [4.78, 5) is 13.6. The molecule has 2 rings (SSSR count). The lowest BCUT2D eigenvalue weighted by molar-refractivity contribution is 0.902. The van der Waals surface area contributed by atoms with Crippen LogP contribution in [0.25, 0.3) is 0 Å². The van der Waals surface area contributed by atoms with Gasteiger partial charge in [0.15, 0.2) is 0 Å². The predicted octanol–water partition coefficient (Wildman–Crippen LogP) is 3.46. The van der Waals surface area contributed by atoms with Gasteiger partial charge in [-0.15, -0.1) is 0 Å². The van der Waals surface area contributed by atoms with Gasteiger partial charge in [-0.05, 0) is 38.3 Å². The molecule has 0 saturated heterocycles. The molecule has 0 amide bonds. The summed E-state index contributed by atoms with van der Waals surface area (Å²) in [7, 11) is 0. The topological polar surface area (TPSA) is 50.7 Å². The number of rotatable bonds is 6. The van der Waals surface area contributed by atoms with E-state index in [0.29, 0.717) is 0 Å². The molecule has 4 nitrogen and oxygen atoms in total. The highest BCUT2D eigenvalue weighted by molar-refractivity contribution is 5.46. The lowest BCUT2D eigenvalue weighted by atomic mass is 10.1. The van der Waals surface area contributed by atoms with Crippen molar-refractivity contribution in [1.82, 2.24) is 15.0 Å². The predicted molar refractivity (Wildman–Crippen MR) is 86.7 cm³/mol. The molecule has 0 saturated carbocycles. The van der Waals surface area contributed by atoms with E-state index in [0.717, 1.165) is 54.4 Å². The van der Waals surface area contributed by atoms with Crippen LogP contribution >= 0.6 is 0 Å². The summed E-state index contributed by atoms with van der Waals surface area (Å²) < 4.78 is 0. The number of pyridine rings is 1. The number of aromatic nitrogens is 3. The summed E-state index contributed by atoms with van der Waals surface area (Å²) in [5.74, 6) is 1.75. The molecule has 0 atom stereocenters. The Balaban J connectivity index is 2.23. The maximum Gasteiger partial charge on any atom is 0.132 e. The van der Waals surface area contributed by atoms with Crippen LogP contribution in [0.1, 0.15) is 48.6 Å². The van der Waals surface area contributed by atoms with Gasteiger partial charge in [0, 0.05) is 30.4 Å². The Morgan fingerprint density at radius 1 is 1.10 bits per heavy atom. The second-order valence-corrected chi connectivity index (χ2v) is 5.31. The first-order chi connectivity index (χ1) is 10.1. The zero-order valence-electron chi connectivity index (χ0n) is 13.4. The second kappa shape index (κ2) is 7.16. The smallest absolute Gasteiger partial charge is 0.132 e. The number of nitrogens with one attached hydrogen (secondary N) is 1. The Bertz CT molecular complexity index is 590. The van der Waals surface area contributed by atoms with Crippen LogP contribution in [0.3, 0.4) is 0 Å². The molecule has 2 aromatic rings.